The van der Waals surface area contributed by atoms with Gasteiger partial charge in [0.2, 0.25) is 10.0 Å². The Labute approximate surface area is 163 Å². The van der Waals surface area contributed by atoms with Crippen LogP contribution in [0.5, 0.6) is 0 Å². The maximum absolute atomic E-state index is 12.2. The number of anilines is 1. The van der Waals surface area contributed by atoms with Crippen LogP contribution in [0.4, 0.5) is 5.69 Å². The Morgan fingerprint density at radius 1 is 1.00 bits per heavy atom. The van der Waals surface area contributed by atoms with Crippen molar-refractivity contribution in [1.82, 2.24) is 4.72 Å². The van der Waals surface area contributed by atoms with E-state index >= 15 is 0 Å². The highest BCUT2D eigenvalue weighted by Crippen LogP contribution is 2.11. The summed E-state index contributed by atoms with van der Waals surface area (Å²) in [5.41, 5.74) is 0.918. The lowest BCUT2D eigenvalue weighted by atomic mass is 10.2. The van der Waals surface area contributed by atoms with E-state index in [2.05, 4.69) is 10.0 Å². The molecular weight excluding hydrogens is 384 g/mol. The van der Waals surface area contributed by atoms with Gasteiger partial charge in [0, 0.05) is 11.3 Å². The third-order valence-electron chi connectivity index (χ3n) is 3.70. The number of amides is 1. The fourth-order valence-corrected chi connectivity index (χ4v) is 3.13. The lowest BCUT2D eigenvalue weighted by Crippen LogP contribution is -2.35. The van der Waals surface area contributed by atoms with Crippen LogP contribution in [0.15, 0.2) is 59.5 Å². The van der Waals surface area contributed by atoms with Gasteiger partial charge < -0.3 is 10.1 Å². The number of benzene rings is 2. The molecule has 2 aromatic carbocycles. The summed E-state index contributed by atoms with van der Waals surface area (Å²) in [5.74, 6) is -1.63. The van der Waals surface area contributed by atoms with Crippen LogP contribution in [0.2, 0.25) is 0 Å². The van der Waals surface area contributed by atoms with Crippen LogP contribution in [0, 0.1) is 0 Å². The molecule has 2 N–H and O–H groups in total. The highest BCUT2D eigenvalue weighted by atomic mass is 32.2. The second-order valence-electron chi connectivity index (χ2n) is 5.89. The number of ether oxygens (including phenoxy) is 1. The van der Waals surface area contributed by atoms with E-state index in [1.165, 1.54) is 38.1 Å². The Bertz CT molecular complexity index is 956. The molecule has 28 heavy (non-hydrogen) atoms. The molecule has 9 heteroatoms. The summed E-state index contributed by atoms with van der Waals surface area (Å²) < 4.78 is 31.4. The van der Waals surface area contributed by atoms with Crippen molar-refractivity contribution in [2.24, 2.45) is 0 Å². The molecule has 1 atom stereocenters. The number of Topliss-reactive ketones (excluding diaryl/α,β-unsaturated/α-hetero) is 1. The Kier molecular flexibility index (Phi) is 7.02. The number of rotatable bonds is 8. The van der Waals surface area contributed by atoms with Crippen molar-refractivity contribution in [3.63, 3.8) is 0 Å². The molecule has 1 amide bonds. The zero-order valence-electron chi connectivity index (χ0n) is 15.3. The largest absolute Gasteiger partial charge is 0.452 e. The molecule has 0 saturated carbocycles. The zero-order valence-corrected chi connectivity index (χ0v) is 16.2. The van der Waals surface area contributed by atoms with Crippen LogP contribution in [0.25, 0.3) is 0 Å². The van der Waals surface area contributed by atoms with Crippen LogP contribution in [-0.2, 0) is 24.3 Å². The van der Waals surface area contributed by atoms with E-state index in [4.69, 9.17) is 4.74 Å². The molecule has 2 aromatic rings. The molecule has 0 spiro atoms. The zero-order chi connectivity index (χ0) is 20.7. The van der Waals surface area contributed by atoms with Crippen LogP contribution in [0.3, 0.4) is 0 Å². The Balaban J connectivity index is 1.88. The second kappa shape index (κ2) is 9.25. The number of para-hydroxylation sites is 1. The van der Waals surface area contributed by atoms with Crippen LogP contribution < -0.4 is 10.0 Å². The molecule has 8 nitrogen and oxygen atoms in total. The van der Waals surface area contributed by atoms with Crippen LogP contribution in [0.1, 0.15) is 24.2 Å². The normalized spacial score (nSPS) is 12.1. The minimum absolute atomic E-state index is 0.0971. The van der Waals surface area contributed by atoms with Crippen molar-refractivity contribution in [3.8, 4) is 0 Å². The van der Waals surface area contributed by atoms with Crippen molar-refractivity contribution in [2.45, 2.75) is 24.8 Å². The first-order valence-corrected chi connectivity index (χ1v) is 9.83. The van der Waals surface area contributed by atoms with Crippen LogP contribution in [-0.4, -0.2) is 38.7 Å². The van der Waals surface area contributed by atoms with Crippen molar-refractivity contribution < 1.29 is 27.5 Å². The lowest BCUT2D eigenvalue weighted by Gasteiger charge is -2.14. The maximum atomic E-state index is 12.2. The topological polar surface area (TPSA) is 119 Å². The van der Waals surface area contributed by atoms with Gasteiger partial charge in [-0.2, -0.15) is 4.72 Å². The van der Waals surface area contributed by atoms with Crippen LogP contribution >= 0.6 is 0 Å². The smallest absolute Gasteiger partial charge is 0.321 e. The molecule has 0 saturated heterocycles. The third-order valence-corrected chi connectivity index (χ3v) is 5.11. The van der Waals surface area contributed by atoms with Gasteiger partial charge in [-0.1, -0.05) is 30.3 Å². The number of nitrogens with one attached hydrogen (secondary N) is 2. The molecule has 0 aromatic heterocycles. The molecule has 0 aliphatic heterocycles. The van der Waals surface area contributed by atoms with Crippen molar-refractivity contribution in [1.29, 1.82) is 0 Å². The molecule has 0 aliphatic carbocycles. The van der Waals surface area contributed by atoms with Crippen molar-refractivity contribution >= 4 is 33.4 Å². The first kappa shape index (κ1) is 21.3. The van der Waals surface area contributed by atoms with Gasteiger partial charge in [-0.3, -0.25) is 14.4 Å². The number of esters is 1. The summed E-state index contributed by atoms with van der Waals surface area (Å²) in [4.78, 5) is 35.0. The van der Waals surface area contributed by atoms with E-state index < -0.39 is 34.5 Å². The second-order valence-corrected chi connectivity index (χ2v) is 7.66. The summed E-state index contributed by atoms with van der Waals surface area (Å²) in [6, 6.07) is 13.9. The van der Waals surface area contributed by atoms with E-state index in [1.807, 2.05) is 0 Å². The maximum Gasteiger partial charge on any atom is 0.321 e. The van der Waals surface area contributed by atoms with E-state index in [1.54, 1.807) is 30.3 Å². The molecule has 0 heterocycles. The van der Waals surface area contributed by atoms with Gasteiger partial charge in [-0.05, 0) is 38.1 Å². The summed E-state index contributed by atoms with van der Waals surface area (Å²) in [7, 11) is -3.97. The Morgan fingerprint density at radius 3 is 2.18 bits per heavy atom. The molecular formula is C19H20N2O6S. The van der Waals surface area contributed by atoms with Gasteiger partial charge >= 0.3 is 5.97 Å². The molecule has 0 aliphatic rings. The summed E-state index contributed by atoms with van der Waals surface area (Å²) in [6.07, 6.45) is -1.10. The highest BCUT2D eigenvalue weighted by Gasteiger charge is 2.20. The molecule has 2 rings (SSSR count). The first-order chi connectivity index (χ1) is 13.2. The number of hydrogen-bond donors (Lipinski definition) is 2. The molecule has 0 radical (unpaired) electrons. The Hall–Kier alpha value is -3.04. The van der Waals surface area contributed by atoms with Crippen molar-refractivity contribution in [3.05, 3.63) is 60.2 Å². The minimum Gasteiger partial charge on any atom is -0.452 e. The predicted octanol–water partition coefficient (Wildman–Crippen LogP) is 1.74. The monoisotopic (exact) mass is 404 g/mol. The van der Waals surface area contributed by atoms with Gasteiger partial charge in [0.25, 0.3) is 5.91 Å². The van der Waals surface area contributed by atoms with Gasteiger partial charge in [-0.15, -0.1) is 0 Å². The van der Waals surface area contributed by atoms with Gasteiger partial charge in [-0.25, -0.2) is 8.42 Å². The van der Waals surface area contributed by atoms with Gasteiger partial charge in [0.1, 0.15) is 6.54 Å². The molecule has 0 fully saturated rings. The third kappa shape index (κ3) is 6.00. The Morgan fingerprint density at radius 2 is 1.61 bits per heavy atom. The summed E-state index contributed by atoms with van der Waals surface area (Å²) in [6.45, 7) is 2.11. The van der Waals surface area contributed by atoms with E-state index in [0.717, 1.165) is 0 Å². The number of ketones is 1. The summed E-state index contributed by atoms with van der Waals surface area (Å²) >= 11 is 0. The standard InChI is InChI=1S/C19H20N2O6S/c1-13(22)15-8-10-17(11-9-15)28(25,26)20-12-18(23)27-14(2)19(24)21-16-6-4-3-5-7-16/h3-11,14,20H,12H2,1-2H3,(H,21,24)/t14-/m1/s1. The minimum atomic E-state index is -3.97. The SMILES string of the molecule is CC(=O)c1ccc(S(=O)(=O)NCC(=O)O[C@H](C)C(=O)Nc2ccccc2)cc1. The number of carbonyl (C=O) groups excluding carboxylic acids is 3. The van der Waals surface area contributed by atoms with Gasteiger partial charge in [0.05, 0.1) is 4.90 Å². The van der Waals surface area contributed by atoms with E-state index in [9.17, 15) is 22.8 Å². The lowest BCUT2D eigenvalue weighted by molar-refractivity contribution is -0.151. The fraction of sp³-hybridized carbons (Fsp3) is 0.211. The number of carbonyl (C=O) groups is 3. The van der Waals surface area contributed by atoms with E-state index in [-0.39, 0.29) is 10.7 Å². The van der Waals surface area contributed by atoms with E-state index in [0.29, 0.717) is 11.3 Å². The average Bonchev–Trinajstić information content (AvgIpc) is 2.67. The number of hydrogen-bond acceptors (Lipinski definition) is 6. The molecule has 148 valence electrons. The molecule has 0 bridgehead atoms. The summed E-state index contributed by atoms with van der Waals surface area (Å²) in [5, 5.41) is 2.58. The van der Waals surface area contributed by atoms with Gasteiger partial charge in [0.15, 0.2) is 11.9 Å². The molecule has 0 unspecified atom stereocenters. The average molecular weight is 404 g/mol. The number of sulfonamides is 1. The highest BCUT2D eigenvalue weighted by molar-refractivity contribution is 7.89. The predicted molar refractivity (Wildman–Crippen MR) is 102 cm³/mol. The fourth-order valence-electron chi connectivity index (χ4n) is 2.16. The van der Waals surface area contributed by atoms with Crippen molar-refractivity contribution in [2.75, 3.05) is 11.9 Å². The first-order valence-electron chi connectivity index (χ1n) is 8.35. The quantitative estimate of drug-likeness (QED) is 0.511.